The molecule has 3 N–H and O–H groups in total. The van der Waals surface area contributed by atoms with Crippen LogP contribution in [0.15, 0.2) is 18.2 Å². The molecular formula is C13H17N3O5. The number of hydrazine groups is 1. The number of aryl methyl sites for hydroxylation is 1. The van der Waals surface area contributed by atoms with Crippen molar-refractivity contribution in [3.8, 4) is 5.75 Å². The molecule has 0 bridgehead atoms. The van der Waals surface area contributed by atoms with Crippen LogP contribution in [0.4, 0.5) is 5.69 Å². The molecule has 21 heavy (non-hydrogen) atoms. The molecule has 1 aromatic rings. The van der Waals surface area contributed by atoms with Gasteiger partial charge in [-0.1, -0.05) is 0 Å². The van der Waals surface area contributed by atoms with Crippen LogP contribution in [0, 0.1) is 17.0 Å². The monoisotopic (exact) mass is 295 g/mol. The van der Waals surface area contributed by atoms with E-state index in [4.69, 9.17) is 15.3 Å². The lowest BCUT2D eigenvalue weighted by Crippen LogP contribution is -2.39. The number of carbonyl (C=O) groups excluding carboxylic acids is 1. The van der Waals surface area contributed by atoms with E-state index in [-0.39, 0.29) is 24.3 Å². The van der Waals surface area contributed by atoms with Gasteiger partial charge >= 0.3 is 0 Å². The topological polar surface area (TPSA) is 117 Å². The first kappa shape index (κ1) is 15.2. The third-order valence-corrected chi connectivity index (χ3v) is 3.34. The molecule has 8 nitrogen and oxygen atoms in total. The summed E-state index contributed by atoms with van der Waals surface area (Å²) in [7, 11) is 0. The van der Waals surface area contributed by atoms with Crippen molar-refractivity contribution < 1.29 is 19.2 Å². The summed E-state index contributed by atoms with van der Waals surface area (Å²) in [5, 5.41) is 10.7. The molecule has 114 valence electrons. The summed E-state index contributed by atoms with van der Waals surface area (Å²) in [6, 6.07) is 4.41. The minimum atomic E-state index is -0.540. The number of nitrogens with zero attached hydrogens (tertiary/aromatic N) is 1. The Kier molecular flexibility index (Phi) is 4.71. The highest BCUT2D eigenvalue weighted by Gasteiger charge is 2.30. The number of nitrogens with two attached hydrogens (primary N) is 1. The zero-order valence-corrected chi connectivity index (χ0v) is 11.6. The van der Waals surface area contributed by atoms with E-state index in [1.54, 1.807) is 13.0 Å². The Bertz CT molecular complexity index is 549. The highest BCUT2D eigenvalue weighted by Crippen LogP contribution is 2.25. The van der Waals surface area contributed by atoms with Gasteiger partial charge in [-0.3, -0.25) is 20.3 Å². The number of benzene rings is 1. The first-order valence-electron chi connectivity index (χ1n) is 6.55. The molecule has 1 heterocycles. The predicted octanol–water partition coefficient (Wildman–Crippen LogP) is 0.820. The summed E-state index contributed by atoms with van der Waals surface area (Å²) in [6.45, 7) is 2.02. The molecule has 0 aromatic heterocycles. The fraction of sp³-hybridized carbons (Fsp3) is 0.462. The summed E-state index contributed by atoms with van der Waals surface area (Å²) < 4.78 is 11.1. The van der Waals surface area contributed by atoms with Crippen LogP contribution in [-0.4, -0.2) is 29.6 Å². The van der Waals surface area contributed by atoms with Crippen molar-refractivity contribution >= 4 is 11.6 Å². The van der Waals surface area contributed by atoms with Gasteiger partial charge in [0.05, 0.1) is 11.0 Å². The maximum Gasteiger partial charge on any atom is 0.269 e. The predicted molar refractivity (Wildman–Crippen MR) is 73.6 cm³/mol. The van der Waals surface area contributed by atoms with Gasteiger partial charge in [-0.25, -0.2) is 5.84 Å². The minimum Gasteiger partial charge on any atom is -0.491 e. The van der Waals surface area contributed by atoms with Gasteiger partial charge in [-0.05, 0) is 31.4 Å². The van der Waals surface area contributed by atoms with Gasteiger partial charge < -0.3 is 9.47 Å². The van der Waals surface area contributed by atoms with Gasteiger partial charge in [0.15, 0.2) is 0 Å². The maximum absolute atomic E-state index is 11.3. The van der Waals surface area contributed by atoms with E-state index in [1.165, 1.54) is 12.1 Å². The summed E-state index contributed by atoms with van der Waals surface area (Å²) in [6.07, 6.45) is 0.559. The Morgan fingerprint density at radius 3 is 2.95 bits per heavy atom. The molecule has 8 heteroatoms. The molecule has 1 aromatic carbocycles. The van der Waals surface area contributed by atoms with Crippen molar-refractivity contribution in [3.63, 3.8) is 0 Å². The molecule has 2 rings (SSSR count). The second-order valence-electron chi connectivity index (χ2n) is 4.85. The largest absolute Gasteiger partial charge is 0.491 e. The second kappa shape index (κ2) is 6.51. The molecule has 1 fully saturated rings. The normalized spacial score (nSPS) is 21.0. The van der Waals surface area contributed by atoms with Gasteiger partial charge in [0.1, 0.15) is 18.5 Å². The van der Waals surface area contributed by atoms with Gasteiger partial charge in [-0.15, -0.1) is 0 Å². The zero-order chi connectivity index (χ0) is 15.4. The number of non-ortho nitro benzene ring substituents is 1. The highest BCUT2D eigenvalue weighted by atomic mass is 16.6. The molecule has 0 aliphatic carbocycles. The number of nitrogens with one attached hydrogen (secondary N) is 1. The number of ether oxygens (including phenoxy) is 2. The van der Waals surface area contributed by atoms with Crippen LogP contribution in [0.2, 0.25) is 0 Å². The van der Waals surface area contributed by atoms with Crippen molar-refractivity contribution in [1.29, 1.82) is 0 Å². The maximum atomic E-state index is 11.3. The van der Waals surface area contributed by atoms with Crippen LogP contribution in [0.25, 0.3) is 0 Å². The number of amides is 1. The first-order chi connectivity index (χ1) is 10.0. The molecule has 0 saturated carbocycles. The molecule has 1 saturated heterocycles. The van der Waals surface area contributed by atoms with Gasteiger partial charge in [-0.2, -0.15) is 0 Å². The SMILES string of the molecule is Cc1cc([N+](=O)[O-])ccc1OCC1CCC(C(=O)NN)O1. The fourth-order valence-corrected chi connectivity index (χ4v) is 2.21. The lowest BCUT2D eigenvalue weighted by atomic mass is 10.2. The quantitative estimate of drug-likeness (QED) is 0.359. The van der Waals surface area contributed by atoms with Crippen molar-refractivity contribution in [2.45, 2.75) is 32.0 Å². The minimum absolute atomic E-state index is 0.0247. The lowest BCUT2D eigenvalue weighted by Gasteiger charge is -2.14. The first-order valence-corrected chi connectivity index (χ1v) is 6.55. The van der Waals surface area contributed by atoms with E-state index >= 15 is 0 Å². The lowest BCUT2D eigenvalue weighted by molar-refractivity contribution is -0.384. The van der Waals surface area contributed by atoms with Gasteiger partial charge in [0.2, 0.25) is 0 Å². The van der Waals surface area contributed by atoms with Crippen LogP contribution in [0.1, 0.15) is 18.4 Å². The molecule has 1 aliphatic rings. The Morgan fingerprint density at radius 2 is 2.33 bits per heavy atom. The molecular weight excluding hydrogens is 278 g/mol. The van der Waals surface area contributed by atoms with Crippen LogP contribution >= 0.6 is 0 Å². The Morgan fingerprint density at radius 1 is 1.57 bits per heavy atom. The summed E-state index contributed by atoms with van der Waals surface area (Å²) in [5.41, 5.74) is 2.76. The van der Waals surface area contributed by atoms with Crippen LogP contribution in [0.3, 0.4) is 0 Å². The van der Waals surface area contributed by atoms with E-state index in [1.807, 2.05) is 0 Å². The third kappa shape index (κ3) is 3.67. The number of hydrogen-bond acceptors (Lipinski definition) is 6. The standard InChI is InChI=1S/C13H17N3O5/c1-8-6-9(16(18)19)2-4-11(8)20-7-10-3-5-12(21-10)13(17)15-14/h2,4,6,10,12H,3,5,7,14H2,1H3,(H,15,17). The van der Waals surface area contributed by atoms with Crippen molar-refractivity contribution in [1.82, 2.24) is 5.43 Å². The van der Waals surface area contributed by atoms with Crippen LogP contribution < -0.4 is 16.0 Å². The molecule has 0 spiro atoms. The Balaban J connectivity index is 1.89. The smallest absolute Gasteiger partial charge is 0.269 e. The molecule has 1 aliphatic heterocycles. The number of rotatable bonds is 5. The Hall–Kier alpha value is -2.19. The van der Waals surface area contributed by atoms with Crippen molar-refractivity contribution in [2.75, 3.05) is 6.61 Å². The van der Waals surface area contributed by atoms with E-state index in [9.17, 15) is 14.9 Å². The average Bonchev–Trinajstić information content (AvgIpc) is 2.93. The van der Waals surface area contributed by atoms with E-state index in [0.717, 1.165) is 0 Å². The fourth-order valence-electron chi connectivity index (χ4n) is 2.21. The summed E-state index contributed by atoms with van der Waals surface area (Å²) >= 11 is 0. The molecule has 2 atom stereocenters. The van der Waals surface area contributed by atoms with Crippen molar-refractivity contribution in [3.05, 3.63) is 33.9 Å². The molecule has 0 radical (unpaired) electrons. The van der Waals surface area contributed by atoms with Crippen molar-refractivity contribution in [2.24, 2.45) is 5.84 Å². The van der Waals surface area contributed by atoms with Crippen LogP contribution in [0.5, 0.6) is 5.75 Å². The zero-order valence-electron chi connectivity index (χ0n) is 11.6. The summed E-state index contributed by atoms with van der Waals surface area (Å²) in [5.74, 6) is 5.28. The van der Waals surface area contributed by atoms with Gasteiger partial charge in [0.25, 0.3) is 11.6 Å². The number of nitro benzene ring substituents is 1. The summed E-state index contributed by atoms with van der Waals surface area (Å²) in [4.78, 5) is 21.5. The number of nitro groups is 1. The molecule has 2 unspecified atom stereocenters. The van der Waals surface area contributed by atoms with E-state index in [0.29, 0.717) is 24.2 Å². The highest BCUT2D eigenvalue weighted by molar-refractivity contribution is 5.80. The number of carbonyl (C=O) groups is 1. The van der Waals surface area contributed by atoms with E-state index < -0.39 is 11.0 Å². The number of hydrogen-bond donors (Lipinski definition) is 2. The van der Waals surface area contributed by atoms with E-state index in [2.05, 4.69) is 5.43 Å². The van der Waals surface area contributed by atoms with Crippen LogP contribution in [-0.2, 0) is 9.53 Å². The Labute approximate surface area is 121 Å². The second-order valence-corrected chi connectivity index (χ2v) is 4.85. The van der Waals surface area contributed by atoms with Gasteiger partial charge in [0, 0.05) is 12.1 Å². The third-order valence-electron chi connectivity index (χ3n) is 3.34. The average molecular weight is 295 g/mol. The molecule has 1 amide bonds.